The first kappa shape index (κ1) is 24.7. The third kappa shape index (κ3) is 6.17. The Kier molecular flexibility index (Phi) is 7.66. The van der Waals surface area contributed by atoms with Gasteiger partial charge in [-0.1, -0.05) is 15.9 Å². The summed E-state index contributed by atoms with van der Waals surface area (Å²) in [6, 6.07) is 5.18. The number of carbonyl (C=O) groups excluding carboxylic acids is 3. The lowest BCUT2D eigenvalue weighted by Crippen LogP contribution is -2.42. The van der Waals surface area contributed by atoms with Crippen molar-refractivity contribution < 1.29 is 23.9 Å². The Labute approximate surface area is 210 Å². The van der Waals surface area contributed by atoms with E-state index in [9.17, 15) is 14.4 Å². The zero-order valence-electron chi connectivity index (χ0n) is 18.9. The maximum absolute atomic E-state index is 13.0. The SMILES string of the molecule is NC(=O)OC1CCCN(c2ncc(C(N)=O)c(Nc3cc(Br)cc(C(=O)N4CCOCC4)c3)n2)C1. The number of nitrogens with one attached hydrogen (secondary N) is 1. The molecule has 2 aromatic rings. The molecule has 0 radical (unpaired) electrons. The van der Waals surface area contributed by atoms with Crippen molar-refractivity contribution in [3.63, 3.8) is 0 Å². The molecule has 0 saturated carbocycles. The topological polar surface area (TPSA) is 166 Å². The van der Waals surface area contributed by atoms with Gasteiger partial charge < -0.3 is 36.1 Å². The Hall–Kier alpha value is -3.45. The van der Waals surface area contributed by atoms with Crippen molar-refractivity contribution in [1.82, 2.24) is 14.9 Å². The van der Waals surface area contributed by atoms with Gasteiger partial charge in [-0.25, -0.2) is 9.78 Å². The van der Waals surface area contributed by atoms with Gasteiger partial charge in [0, 0.05) is 41.6 Å². The number of benzene rings is 1. The van der Waals surface area contributed by atoms with Crippen molar-refractivity contribution >= 4 is 51.3 Å². The summed E-state index contributed by atoms with van der Waals surface area (Å²) in [5.41, 5.74) is 11.8. The van der Waals surface area contributed by atoms with E-state index in [-0.39, 0.29) is 23.4 Å². The van der Waals surface area contributed by atoms with Crippen LogP contribution in [0.2, 0.25) is 0 Å². The normalized spacial score (nSPS) is 18.1. The maximum Gasteiger partial charge on any atom is 0.404 e. The number of hydrogen-bond donors (Lipinski definition) is 3. The molecule has 3 amide bonds. The summed E-state index contributed by atoms with van der Waals surface area (Å²) in [6.45, 7) is 3.05. The minimum absolute atomic E-state index is 0.0942. The lowest BCUT2D eigenvalue weighted by atomic mass is 10.1. The van der Waals surface area contributed by atoms with Gasteiger partial charge in [0.2, 0.25) is 5.95 Å². The van der Waals surface area contributed by atoms with Crippen LogP contribution in [0.25, 0.3) is 0 Å². The standard InChI is InChI=1S/C22H26BrN7O5/c23-14-8-13(20(32)29-4-6-34-7-5-29)9-15(10-14)27-19-17(18(24)31)11-26-22(28-19)30-3-1-2-16(12-30)35-21(25)33/h8-11,16H,1-7,12H2,(H2,24,31)(H2,25,33)(H,26,27,28). The molecule has 2 aliphatic rings. The molecule has 3 heterocycles. The quantitative estimate of drug-likeness (QED) is 0.486. The van der Waals surface area contributed by atoms with Gasteiger partial charge in [0.05, 0.1) is 19.8 Å². The number of ether oxygens (including phenoxy) is 2. The monoisotopic (exact) mass is 547 g/mol. The van der Waals surface area contributed by atoms with Crippen LogP contribution in [0.4, 0.5) is 22.2 Å². The molecule has 1 unspecified atom stereocenters. The molecule has 1 aromatic carbocycles. The fourth-order valence-electron chi connectivity index (χ4n) is 4.05. The molecule has 13 heteroatoms. The van der Waals surface area contributed by atoms with Gasteiger partial charge >= 0.3 is 6.09 Å². The number of rotatable bonds is 6. The average molecular weight is 548 g/mol. The summed E-state index contributed by atoms with van der Waals surface area (Å²) in [5, 5.41) is 3.11. The molecule has 1 aromatic heterocycles. The van der Waals surface area contributed by atoms with Crippen molar-refractivity contribution in [1.29, 1.82) is 0 Å². The number of primary amides is 2. The average Bonchev–Trinajstić information content (AvgIpc) is 2.83. The van der Waals surface area contributed by atoms with Crippen LogP contribution in [0.1, 0.15) is 33.6 Å². The predicted octanol–water partition coefficient (Wildman–Crippen LogP) is 1.62. The zero-order valence-corrected chi connectivity index (χ0v) is 20.5. The second kappa shape index (κ2) is 10.9. The van der Waals surface area contributed by atoms with Gasteiger partial charge in [-0.15, -0.1) is 0 Å². The van der Waals surface area contributed by atoms with Gasteiger partial charge in [0.1, 0.15) is 17.5 Å². The van der Waals surface area contributed by atoms with Crippen molar-refractivity contribution in [2.24, 2.45) is 11.5 Å². The third-order valence-corrected chi connectivity index (χ3v) is 6.15. The summed E-state index contributed by atoms with van der Waals surface area (Å²) >= 11 is 3.45. The zero-order chi connectivity index (χ0) is 24.9. The Morgan fingerprint density at radius 1 is 1.14 bits per heavy atom. The van der Waals surface area contributed by atoms with Crippen molar-refractivity contribution in [3.8, 4) is 0 Å². The molecule has 0 spiro atoms. The number of morpholine rings is 1. The van der Waals surface area contributed by atoms with E-state index in [0.717, 1.165) is 6.42 Å². The minimum atomic E-state index is -0.832. The van der Waals surface area contributed by atoms with Crippen LogP contribution < -0.4 is 21.7 Å². The number of anilines is 3. The predicted molar refractivity (Wildman–Crippen MR) is 131 cm³/mol. The summed E-state index contributed by atoms with van der Waals surface area (Å²) in [6.07, 6.45) is 1.57. The molecule has 2 fully saturated rings. The highest BCUT2D eigenvalue weighted by atomic mass is 79.9. The van der Waals surface area contributed by atoms with E-state index in [2.05, 4.69) is 31.2 Å². The maximum atomic E-state index is 13.0. The first-order valence-electron chi connectivity index (χ1n) is 11.1. The van der Waals surface area contributed by atoms with Crippen LogP contribution in [0.15, 0.2) is 28.9 Å². The molecule has 35 heavy (non-hydrogen) atoms. The number of carbonyl (C=O) groups is 3. The van der Waals surface area contributed by atoms with E-state index in [0.29, 0.717) is 67.5 Å². The van der Waals surface area contributed by atoms with Gasteiger partial charge in [0.15, 0.2) is 0 Å². The molecule has 12 nitrogen and oxygen atoms in total. The number of hydrogen-bond acceptors (Lipinski definition) is 9. The molecule has 5 N–H and O–H groups in total. The molecule has 0 aliphatic carbocycles. The number of nitrogens with zero attached hydrogens (tertiary/aromatic N) is 4. The van der Waals surface area contributed by atoms with E-state index in [1.807, 2.05) is 4.90 Å². The van der Waals surface area contributed by atoms with Gasteiger partial charge in [-0.3, -0.25) is 9.59 Å². The van der Waals surface area contributed by atoms with Crippen LogP contribution in [0, 0.1) is 0 Å². The first-order chi connectivity index (χ1) is 16.8. The van der Waals surface area contributed by atoms with Crippen molar-refractivity contribution in [2.45, 2.75) is 18.9 Å². The Morgan fingerprint density at radius 3 is 2.63 bits per heavy atom. The number of nitrogens with two attached hydrogens (primary N) is 2. The van der Waals surface area contributed by atoms with Crippen LogP contribution in [-0.2, 0) is 9.47 Å². The number of piperidine rings is 1. The molecule has 2 aliphatic heterocycles. The van der Waals surface area contributed by atoms with Crippen LogP contribution in [-0.4, -0.2) is 78.3 Å². The minimum Gasteiger partial charge on any atom is -0.445 e. The van der Waals surface area contributed by atoms with Crippen LogP contribution in [0.5, 0.6) is 0 Å². The second-order valence-corrected chi connectivity index (χ2v) is 9.12. The highest BCUT2D eigenvalue weighted by Crippen LogP contribution is 2.27. The first-order valence-corrected chi connectivity index (χ1v) is 11.9. The molecule has 2 saturated heterocycles. The van der Waals surface area contributed by atoms with Crippen LogP contribution in [0.3, 0.4) is 0 Å². The van der Waals surface area contributed by atoms with E-state index >= 15 is 0 Å². The molecule has 0 bridgehead atoms. The molecular weight excluding hydrogens is 522 g/mol. The van der Waals surface area contributed by atoms with Gasteiger partial charge in [0.25, 0.3) is 11.8 Å². The lowest BCUT2D eigenvalue weighted by molar-refractivity contribution is 0.0303. The number of halogens is 1. The summed E-state index contributed by atoms with van der Waals surface area (Å²) < 4.78 is 11.1. The largest absolute Gasteiger partial charge is 0.445 e. The van der Waals surface area contributed by atoms with Crippen LogP contribution >= 0.6 is 15.9 Å². The summed E-state index contributed by atoms with van der Waals surface area (Å²) in [5.74, 6) is -0.282. The lowest BCUT2D eigenvalue weighted by Gasteiger charge is -2.32. The van der Waals surface area contributed by atoms with Crippen molar-refractivity contribution in [3.05, 3.63) is 40.0 Å². The Bertz CT molecular complexity index is 1130. The highest BCUT2D eigenvalue weighted by Gasteiger charge is 2.26. The molecule has 1 atom stereocenters. The molecule has 186 valence electrons. The van der Waals surface area contributed by atoms with Gasteiger partial charge in [-0.2, -0.15) is 4.98 Å². The smallest absolute Gasteiger partial charge is 0.404 e. The number of amides is 3. The van der Waals surface area contributed by atoms with Crippen molar-refractivity contribution in [2.75, 3.05) is 49.6 Å². The summed E-state index contributed by atoms with van der Waals surface area (Å²) in [4.78, 5) is 48.6. The number of aromatic nitrogens is 2. The van der Waals surface area contributed by atoms with E-state index in [1.54, 1.807) is 23.1 Å². The van der Waals surface area contributed by atoms with Gasteiger partial charge in [-0.05, 0) is 31.0 Å². The Morgan fingerprint density at radius 2 is 1.91 bits per heavy atom. The fourth-order valence-corrected chi connectivity index (χ4v) is 4.55. The Balaban J connectivity index is 1.59. The molecule has 4 rings (SSSR count). The highest BCUT2D eigenvalue weighted by molar-refractivity contribution is 9.10. The fraction of sp³-hybridized carbons (Fsp3) is 0.409. The third-order valence-electron chi connectivity index (χ3n) is 5.69. The van der Waals surface area contributed by atoms with E-state index < -0.39 is 12.0 Å². The molecular formula is C22H26BrN7O5. The van der Waals surface area contributed by atoms with E-state index in [4.69, 9.17) is 20.9 Å². The van der Waals surface area contributed by atoms with E-state index in [1.165, 1.54) is 6.20 Å². The summed E-state index contributed by atoms with van der Waals surface area (Å²) in [7, 11) is 0. The second-order valence-electron chi connectivity index (χ2n) is 8.20.